The van der Waals surface area contributed by atoms with E-state index in [0.29, 0.717) is 5.56 Å². The van der Waals surface area contributed by atoms with Gasteiger partial charge in [-0.3, -0.25) is 13.9 Å². The molecule has 0 saturated heterocycles. The molecule has 1 aliphatic rings. The molecule has 2 aromatic rings. The van der Waals surface area contributed by atoms with Gasteiger partial charge >= 0.3 is 0 Å². The lowest BCUT2D eigenvalue weighted by Crippen LogP contribution is -2.52. The highest BCUT2D eigenvalue weighted by Gasteiger charge is 2.31. The molecule has 2 amide bonds. The van der Waals surface area contributed by atoms with Gasteiger partial charge in [0, 0.05) is 12.6 Å². The first-order valence-corrected chi connectivity index (χ1v) is 13.8. The third-order valence-electron chi connectivity index (χ3n) is 6.01. The molecule has 0 aromatic heterocycles. The van der Waals surface area contributed by atoms with Gasteiger partial charge in [0.1, 0.15) is 18.4 Å². The Morgan fingerprint density at radius 2 is 1.71 bits per heavy atom. The molecule has 1 fully saturated rings. The largest absolute Gasteiger partial charge is 0.352 e. The summed E-state index contributed by atoms with van der Waals surface area (Å²) in [5, 5.41) is 3.36. The summed E-state index contributed by atoms with van der Waals surface area (Å²) in [4.78, 5) is 27.8. The summed E-state index contributed by atoms with van der Waals surface area (Å²) in [5.74, 6) is -1.35. The van der Waals surface area contributed by atoms with Crippen LogP contribution in [0.4, 0.5) is 10.1 Å². The van der Waals surface area contributed by atoms with Crippen LogP contribution >= 0.6 is 23.2 Å². The summed E-state index contributed by atoms with van der Waals surface area (Å²) < 4.78 is 39.5. The van der Waals surface area contributed by atoms with Crippen LogP contribution in [0.1, 0.15) is 38.2 Å². The SMILES string of the molecule is C[C@H](C(=O)NC1CCCC1)N(Cc1ccc(F)cc1)C(=O)CN(c1ccc(Cl)c(Cl)c1)S(C)(=O)=O. The van der Waals surface area contributed by atoms with Gasteiger partial charge in [0.2, 0.25) is 21.8 Å². The molecule has 1 aliphatic carbocycles. The summed E-state index contributed by atoms with van der Waals surface area (Å²) in [5.41, 5.74) is 0.765. The molecule has 1 saturated carbocycles. The maximum Gasteiger partial charge on any atom is 0.244 e. The van der Waals surface area contributed by atoms with E-state index in [-0.39, 0.29) is 34.2 Å². The van der Waals surface area contributed by atoms with Gasteiger partial charge in [-0.05, 0) is 55.7 Å². The molecular formula is C24H28Cl2FN3O4S. The van der Waals surface area contributed by atoms with Crippen LogP contribution in [0.5, 0.6) is 0 Å². The molecule has 0 spiro atoms. The molecule has 0 radical (unpaired) electrons. The number of sulfonamides is 1. The molecule has 1 atom stereocenters. The lowest BCUT2D eigenvalue weighted by Gasteiger charge is -2.32. The zero-order valence-electron chi connectivity index (χ0n) is 19.5. The number of amides is 2. The Labute approximate surface area is 215 Å². The van der Waals surface area contributed by atoms with Gasteiger partial charge in [0.05, 0.1) is 22.0 Å². The van der Waals surface area contributed by atoms with Crippen molar-refractivity contribution in [1.82, 2.24) is 10.2 Å². The zero-order valence-corrected chi connectivity index (χ0v) is 21.8. The number of carbonyl (C=O) groups is 2. The average Bonchev–Trinajstić information content (AvgIpc) is 3.30. The average molecular weight is 544 g/mol. The van der Waals surface area contributed by atoms with Crippen LogP contribution in [-0.2, 0) is 26.2 Å². The van der Waals surface area contributed by atoms with Crippen molar-refractivity contribution in [2.75, 3.05) is 17.1 Å². The van der Waals surface area contributed by atoms with E-state index in [4.69, 9.17) is 23.2 Å². The van der Waals surface area contributed by atoms with Gasteiger partial charge in [-0.1, -0.05) is 48.2 Å². The van der Waals surface area contributed by atoms with Gasteiger partial charge in [-0.25, -0.2) is 12.8 Å². The number of hydrogen-bond acceptors (Lipinski definition) is 4. The van der Waals surface area contributed by atoms with E-state index in [9.17, 15) is 22.4 Å². The van der Waals surface area contributed by atoms with Gasteiger partial charge in [-0.15, -0.1) is 0 Å². The van der Waals surface area contributed by atoms with Crippen LogP contribution < -0.4 is 9.62 Å². The van der Waals surface area contributed by atoms with Crippen LogP contribution in [-0.4, -0.2) is 50.0 Å². The van der Waals surface area contributed by atoms with Crippen molar-refractivity contribution in [3.05, 3.63) is 63.9 Å². The Hall–Kier alpha value is -2.36. The number of benzene rings is 2. The van der Waals surface area contributed by atoms with Gasteiger partial charge in [-0.2, -0.15) is 0 Å². The Morgan fingerprint density at radius 3 is 2.29 bits per heavy atom. The minimum atomic E-state index is -3.89. The highest BCUT2D eigenvalue weighted by Crippen LogP contribution is 2.28. The molecule has 0 aliphatic heterocycles. The third kappa shape index (κ3) is 7.32. The molecule has 35 heavy (non-hydrogen) atoms. The highest BCUT2D eigenvalue weighted by atomic mass is 35.5. The summed E-state index contributed by atoms with van der Waals surface area (Å²) in [7, 11) is -3.89. The molecule has 3 rings (SSSR count). The standard InChI is InChI=1S/C24H28Cl2FN3O4S/c1-16(24(32)28-19-5-3-4-6-19)29(14-17-7-9-18(27)10-8-17)23(31)15-30(35(2,33)34)20-11-12-21(25)22(26)13-20/h7-13,16,19H,3-6,14-15H2,1-2H3,(H,28,32)/t16-/m1/s1. The van der Waals surface area contributed by atoms with Crippen molar-refractivity contribution in [3.63, 3.8) is 0 Å². The van der Waals surface area contributed by atoms with Crippen LogP contribution in [0.25, 0.3) is 0 Å². The lowest BCUT2D eigenvalue weighted by molar-refractivity contribution is -0.139. The van der Waals surface area contributed by atoms with Crippen molar-refractivity contribution in [3.8, 4) is 0 Å². The number of nitrogens with zero attached hydrogens (tertiary/aromatic N) is 2. The molecule has 7 nitrogen and oxygen atoms in total. The van der Waals surface area contributed by atoms with Crippen LogP contribution in [0.3, 0.4) is 0 Å². The molecule has 0 unspecified atom stereocenters. The predicted molar refractivity (Wildman–Crippen MR) is 135 cm³/mol. The van der Waals surface area contributed by atoms with Crippen molar-refractivity contribution < 1.29 is 22.4 Å². The maximum absolute atomic E-state index is 13.5. The molecule has 11 heteroatoms. The predicted octanol–water partition coefficient (Wildman–Crippen LogP) is 4.37. The molecule has 0 heterocycles. The molecule has 0 bridgehead atoms. The van der Waals surface area contributed by atoms with E-state index < -0.39 is 34.3 Å². The number of rotatable bonds is 9. The normalized spacial score (nSPS) is 15.0. The molecular weight excluding hydrogens is 516 g/mol. The lowest BCUT2D eigenvalue weighted by atomic mass is 10.1. The zero-order chi connectivity index (χ0) is 25.8. The fourth-order valence-corrected chi connectivity index (χ4v) is 5.15. The Balaban J connectivity index is 1.88. The second-order valence-electron chi connectivity index (χ2n) is 8.68. The highest BCUT2D eigenvalue weighted by molar-refractivity contribution is 7.92. The van der Waals surface area contributed by atoms with Crippen molar-refractivity contribution in [1.29, 1.82) is 0 Å². The smallest absolute Gasteiger partial charge is 0.244 e. The van der Waals surface area contributed by atoms with Gasteiger partial charge in [0.15, 0.2) is 0 Å². The summed E-state index contributed by atoms with van der Waals surface area (Å²) >= 11 is 12.0. The van der Waals surface area contributed by atoms with E-state index in [1.54, 1.807) is 6.92 Å². The Kier molecular flexibility index (Phi) is 9.01. The fraction of sp³-hybridized carbons (Fsp3) is 0.417. The molecule has 1 N–H and O–H groups in total. The fourth-order valence-electron chi connectivity index (χ4n) is 4.01. The van der Waals surface area contributed by atoms with E-state index >= 15 is 0 Å². The number of halogens is 3. The maximum atomic E-state index is 13.5. The minimum Gasteiger partial charge on any atom is -0.352 e. The number of anilines is 1. The van der Waals surface area contributed by atoms with E-state index in [1.165, 1.54) is 47.4 Å². The monoisotopic (exact) mass is 543 g/mol. The first-order chi connectivity index (χ1) is 16.5. The van der Waals surface area contributed by atoms with Crippen LogP contribution in [0, 0.1) is 5.82 Å². The second-order valence-corrected chi connectivity index (χ2v) is 11.4. The topological polar surface area (TPSA) is 86.8 Å². The quantitative estimate of drug-likeness (QED) is 0.508. The first-order valence-electron chi connectivity index (χ1n) is 11.2. The summed E-state index contributed by atoms with van der Waals surface area (Å²) in [6, 6.07) is 8.98. The number of carbonyl (C=O) groups excluding carboxylic acids is 2. The number of nitrogens with one attached hydrogen (secondary N) is 1. The van der Waals surface area contributed by atoms with Crippen molar-refractivity contribution in [2.45, 2.75) is 51.2 Å². The Morgan fingerprint density at radius 1 is 1.09 bits per heavy atom. The van der Waals surface area contributed by atoms with E-state index in [2.05, 4.69) is 5.32 Å². The van der Waals surface area contributed by atoms with E-state index in [0.717, 1.165) is 36.2 Å². The number of hydrogen-bond donors (Lipinski definition) is 1. The summed E-state index contributed by atoms with van der Waals surface area (Å²) in [6.07, 6.45) is 4.80. The van der Waals surface area contributed by atoms with Gasteiger partial charge < -0.3 is 10.2 Å². The minimum absolute atomic E-state index is 0.00264. The van der Waals surface area contributed by atoms with Crippen LogP contribution in [0.2, 0.25) is 10.0 Å². The van der Waals surface area contributed by atoms with Crippen LogP contribution in [0.15, 0.2) is 42.5 Å². The Bertz CT molecular complexity index is 1170. The van der Waals surface area contributed by atoms with Crippen molar-refractivity contribution >= 4 is 50.7 Å². The third-order valence-corrected chi connectivity index (χ3v) is 7.89. The first kappa shape index (κ1) is 27.2. The van der Waals surface area contributed by atoms with Crippen molar-refractivity contribution in [2.24, 2.45) is 0 Å². The van der Waals surface area contributed by atoms with E-state index in [1.807, 2.05) is 0 Å². The summed E-state index contributed by atoms with van der Waals surface area (Å²) in [6.45, 7) is 1.03. The molecule has 2 aromatic carbocycles. The second kappa shape index (κ2) is 11.6. The van der Waals surface area contributed by atoms with Gasteiger partial charge in [0.25, 0.3) is 0 Å². The molecule has 190 valence electrons.